The molecule has 2 aromatic carbocycles. The van der Waals surface area contributed by atoms with Gasteiger partial charge >= 0.3 is 6.01 Å². The van der Waals surface area contributed by atoms with Crippen molar-refractivity contribution in [3.8, 4) is 23.3 Å². The lowest BCUT2D eigenvalue weighted by Gasteiger charge is -2.40. The summed E-state index contributed by atoms with van der Waals surface area (Å²) in [6.45, 7) is 6.78. The molecule has 15 heteroatoms. The van der Waals surface area contributed by atoms with Gasteiger partial charge in [0.15, 0.2) is 17.5 Å². The zero-order valence-corrected chi connectivity index (χ0v) is 30.3. The van der Waals surface area contributed by atoms with E-state index in [4.69, 9.17) is 19.2 Å². The lowest BCUT2D eigenvalue weighted by molar-refractivity contribution is 0.0434. The predicted octanol–water partition coefficient (Wildman–Crippen LogP) is 5.24. The zero-order chi connectivity index (χ0) is 37.7. The van der Waals surface area contributed by atoms with Crippen LogP contribution in [-0.4, -0.2) is 132 Å². The molecule has 2 unspecified atom stereocenters. The number of hydrogen-bond donors (Lipinski definition) is 0. The fourth-order valence-electron chi connectivity index (χ4n) is 9.00. The van der Waals surface area contributed by atoms with Crippen LogP contribution in [0.25, 0.3) is 32.9 Å². The first-order valence-electron chi connectivity index (χ1n) is 19.1. The molecule has 2 aromatic heterocycles. The molecule has 55 heavy (non-hydrogen) atoms. The third kappa shape index (κ3) is 6.88. The highest BCUT2D eigenvalue weighted by atomic mass is 19.2. The van der Waals surface area contributed by atoms with Crippen molar-refractivity contribution in [2.75, 3.05) is 77.1 Å². The van der Waals surface area contributed by atoms with E-state index >= 15 is 8.78 Å². The van der Waals surface area contributed by atoms with Crippen molar-refractivity contribution in [3.05, 3.63) is 66.1 Å². The summed E-state index contributed by atoms with van der Waals surface area (Å²) in [6, 6.07) is 9.26. The van der Waals surface area contributed by atoms with Gasteiger partial charge in [0.25, 0.3) is 0 Å². The maximum Gasteiger partial charge on any atom is 0.319 e. The lowest BCUT2D eigenvalue weighted by Crippen LogP contribution is -2.54. The summed E-state index contributed by atoms with van der Waals surface area (Å²) in [5.41, 5.74) is -0.700. The second-order valence-electron chi connectivity index (χ2n) is 15.2. The van der Waals surface area contributed by atoms with E-state index in [-0.39, 0.29) is 59.6 Å². The summed E-state index contributed by atoms with van der Waals surface area (Å²) >= 11 is 0. The molecular weight excluding hydrogens is 716 g/mol. The van der Waals surface area contributed by atoms with Crippen LogP contribution in [0.4, 0.5) is 23.4 Å². The van der Waals surface area contributed by atoms with E-state index in [1.807, 2.05) is 4.90 Å². The van der Waals surface area contributed by atoms with Gasteiger partial charge in [-0.05, 0) is 30.8 Å². The number of epoxide rings is 1. The first-order valence-corrected chi connectivity index (χ1v) is 19.1. The van der Waals surface area contributed by atoms with Gasteiger partial charge in [0.2, 0.25) is 0 Å². The highest BCUT2D eigenvalue weighted by Gasteiger charge is 2.50. The number of rotatable bonds is 10. The Morgan fingerprint density at radius 1 is 1.02 bits per heavy atom. The van der Waals surface area contributed by atoms with Gasteiger partial charge in [0.05, 0.1) is 36.6 Å². The number of fused-ring (bicyclic) bond motifs is 3. The first kappa shape index (κ1) is 36.2. The van der Waals surface area contributed by atoms with E-state index in [0.717, 1.165) is 58.3 Å². The summed E-state index contributed by atoms with van der Waals surface area (Å²) in [7, 11) is 0. The lowest BCUT2D eigenvalue weighted by atomic mass is 9.95. The molecule has 288 valence electrons. The Balaban J connectivity index is 1.04. The van der Waals surface area contributed by atoms with Crippen LogP contribution in [0, 0.1) is 28.8 Å². The Hall–Kier alpha value is -4.46. The Morgan fingerprint density at radius 3 is 2.75 bits per heavy atom. The Morgan fingerprint density at radius 2 is 1.89 bits per heavy atom. The van der Waals surface area contributed by atoms with E-state index in [2.05, 4.69) is 42.9 Å². The molecule has 4 aromatic rings. The maximum absolute atomic E-state index is 16.9. The number of hydrogen-bond acceptors (Lipinski definition) is 11. The molecule has 0 saturated carbocycles. The van der Waals surface area contributed by atoms with E-state index in [0.29, 0.717) is 49.2 Å². The van der Waals surface area contributed by atoms with Crippen LogP contribution in [0.2, 0.25) is 0 Å². The second-order valence-corrected chi connectivity index (χ2v) is 15.2. The van der Waals surface area contributed by atoms with Crippen molar-refractivity contribution in [2.45, 2.75) is 55.8 Å². The highest BCUT2D eigenvalue weighted by Crippen LogP contribution is 2.42. The number of pyridine rings is 1. The minimum Gasteiger partial charge on any atom is -0.461 e. The molecule has 0 amide bonds. The van der Waals surface area contributed by atoms with Crippen LogP contribution in [0.1, 0.15) is 25.7 Å². The molecule has 5 saturated heterocycles. The minimum absolute atomic E-state index is 0.0764. The molecule has 0 radical (unpaired) electrons. The van der Waals surface area contributed by atoms with Gasteiger partial charge in [-0.3, -0.25) is 19.7 Å². The molecule has 0 N–H and O–H groups in total. The van der Waals surface area contributed by atoms with Crippen molar-refractivity contribution in [1.82, 2.24) is 29.7 Å². The molecule has 5 fully saturated rings. The highest BCUT2D eigenvalue weighted by molar-refractivity contribution is 5.99. The van der Waals surface area contributed by atoms with Gasteiger partial charge in [-0.25, -0.2) is 17.6 Å². The fraction of sp³-hybridized carbons (Fsp3) is 0.500. The number of alkyl halides is 1. The predicted molar refractivity (Wildman–Crippen MR) is 197 cm³/mol. The number of piperazine rings is 1. The molecule has 0 spiro atoms. The van der Waals surface area contributed by atoms with Crippen LogP contribution in [-0.2, 0) is 9.47 Å². The number of nitriles is 1. The number of morpholine rings is 1. The molecule has 0 aliphatic carbocycles. The normalized spacial score (nSPS) is 27.7. The molecule has 11 nitrogen and oxygen atoms in total. The third-order valence-corrected chi connectivity index (χ3v) is 11.8. The number of benzene rings is 2. The van der Waals surface area contributed by atoms with Gasteiger partial charge in [0, 0.05) is 75.4 Å². The molecule has 7 heterocycles. The maximum atomic E-state index is 16.9. The Bertz CT molecular complexity index is 2160. The SMILES string of the molecule is N#CC[C@H]1CN(c2nc(OC[C@@]34CCCN3C[C@H](F)C4)nc3c(F)c(-c4cccc5ccc(F)c(F)c45)ncc23)CCN1C1OC1/C=C/CN1CCOCC1. The van der Waals surface area contributed by atoms with Crippen LogP contribution >= 0.6 is 0 Å². The van der Waals surface area contributed by atoms with Gasteiger partial charge in [-0.2, -0.15) is 15.2 Å². The molecule has 0 bridgehead atoms. The topological polar surface area (TPSA) is 106 Å². The van der Waals surface area contributed by atoms with Crippen LogP contribution in [0.5, 0.6) is 6.01 Å². The molecule has 5 aliphatic rings. The van der Waals surface area contributed by atoms with Crippen LogP contribution < -0.4 is 9.64 Å². The van der Waals surface area contributed by atoms with Crippen molar-refractivity contribution in [2.24, 2.45) is 0 Å². The summed E-state index contributed by atoms with van der Waals surface area (Å²) in [5.74, 6) is -2.61. The average Bonchev–Trinajstić information content (AvgIpc) is 3.75. The summed E-state index contributed by atoms with van der Waals surface area (Å²) < 4.78 is 79.0. The fourth-order valence-corrected chi connectivity index (χ4v) is 9.00. The van der Waals surface area contributed by atoms with Crippen molar-refractivity contribution in [3.63, 3.8) is 0 Å². The number of nitrogens with zero attached hydrogens (tertiary/aromatic N) is 8. The molecule has 5 atom stereocenters. The quantitative estimate of drug-likeness (QED) is 0.121. The van der Waals surface area contributed by atoms with Gasteiger partial charge in [-0.15, -0.1) is 0 Å². The van der Waals surface area contributed by atoms with Crippen LogP contribution in [0.15, 0.2) is 48.7 Å². The first-order chi connectivity index (χ1) is 26.8. The molecule has 5 aliphatic heterocycles. The number of ether oxygens (including phenoxy) is 3. The van der Waals surface area contributed by atoms with E-state index in [1.54, 1.807) is 12.1 Å². The zero-order valence-electron chi connectivity index (χ0n) is 30.3. The van der Waals surface area contributed by atoms with Gasteiger partial charge in [-0.1, -0.05) is 36.4 Å². The smallest absolute Gasteiger partial charge is 0.319 e. The monoisotopic (exact) mass is 758 g/mol. The summed E-state index contributed by atoms with van der Waals surface area (Å²) in [4.78, 5) is 22.5. The number of aromatic nitrogens is 3. The second kappa shape index (κ2) is 14.9. The van der Waals surface area contributed by atoms with Crippen molar-refractivity contribution < 1.29 is 31.8 Å². The Kier molecular flexibility index (Phi) is 9.80. The van der Waals surface area contributed by atoms with E-state index < -0.39 is 29.2 Å². The van der Waals surface area contributed by atoms with Crippen LogP contribution in [0.3, 0.4) is 0 Å². The van der Waals surface area contributed by atoms with E-state index in [9.17, 15) is 14.0 Å². The largest absolute Gasteiger partial charge is 0.461 e. The molecule has 9 rings (SSSR count). The van der Waals surface area contributed by atoms with Gasteiger partial charge < -0.3 is 19.1 Å². The van der Waals surface area contributed by atoms with Crippen molar-refractivity contribution in [1.29, 1.82) is 5.26 Å². The Labute approximate surface area is 316 Å². The third-order valence-electron chi connectivity index (χ3n) is 11.8. The number of halogens is 4. The van der Waals surface area contributed by atoms with Crippen molar-refractivity contribution >= 4 is 27.5 Å². The summed E-state index contributed by atoms with van der Waals surface area (Å²) in [5, 5.41) is 10.5. The number of anilines is 1. The average molecular weight is 759 g/mol. The standard InChI is InChI=1S/C40H42F4N8O3/c41-26-20-40(10-3-13-51(40)22-26)24-54-39-47-36-29(21-46-35(34(36)44)28-5-1-4-25-7-8-30(42)33(43)32(25)28)37(48-39)50-14-15-52(27(23-50)9-11-45)38-31(55-38)6-2-12-49-16-18-53-19-17-49/h1-2,4-8,21,26-27,31,38H,3,9-10,12-20,22-24H2/b6-2+/t26-,27+,31?,38?,40+/m1/s1. The summed E-state index contributed by atoms with van der Waals surface area (Å²) in [6.07, 6.45) is 6.73. The van der Waals surface area contributed by atoms with E-state index in [1.165, 1.54) is 18.3 Å². The molecular formula is C40H42F4N8O3. The minimum atomic E-state index is -1.10. The van der Waals surface area contributed by atoms with Gasteiger partial charge in [0.1, 0.15) is 42.1 Å².